The van der Waals surface area contributed by atoms with E-state index in [0.29, 0.717) is 37.4 Å². The maximum absolute atomic E-state index is 14.6. The van der Waals surface area contributed by atoms with Crippen molar-refractivity contribution in [1.29, 1.82) is 0 Å². The number of nitrogens with zero attached hydrogens (tertiary/aromatic N) is 2. The first-order valence-corrected chi connectivity index (χ1v) is 10.7. The molecule has 1 aliphatic rings. The Bertz CT molecular complexity index is 1070. The molecule has 4 rings (SSSR count). The number of ether oxygens (including phenoxy) is 1. The van der Waals surface area contributed by atoms with Gasteiger partial charge >= 0.3 is 0 Å². The molecule has 0 atom stereocenters. The highest BCUT2D eigenvalue weighted by Crippen LogP contribution is 2.25. The van der Waals surface area contributed by atoms with E-state index in [1.807, 2.05) is 65.6 Å². The fraction of sp³-hybridized carbons (Fsp3) is 0.240. The Balaban J connectivity index is 0.00000306. The number of halogens is 2. The van der Waals surface area contributed by atoms with Gasteiger partial charge in [-0.15, -0.1) is 24.0 Å². The van der Waals surface area contributed by atoms with Crippen LogP contribution < -0.4 is 20.7 Å². The molecule has 0 bridgehead atoms. The van der Waals surface area contributed by atoms with Gasteiger partial charge in [-0.2, -0.15) is 0 Å². The fourth-order valence-corrected chi connectivity index (χ4v) is 3.64. The van der Waals surface area contributed by atoms with E-state index in [4.69, 9.17) is 10.5 Å². The summed E-state index contributed by atoms with van der Waals surface area (Å²) in [6.07, 6.45) is 1.03. The molecule has 0 aliphatic carbocycles. The number of rotatable bonds is 6. The molecular weight excluding hydrogens is 534 g/mol. The first kappa shape index (κ1) is 24.8. The number of anilines is 2. The van der Waals surface area contributed by atoms with Crippen LogP contribution in [0.3, 0.4) is 0 Å². The first-order valence-electron chi connectivity index (χ1n) is 10.7. The van der Waals surface area contributed by atoms with Gasteiger partial charge < -0.3 is 25.8 Å². The summed E-state index contributed by atoms with van der Waals surface area (Å²) in [5.41, 5.74) is 8.06. The molecule has 1 saturated heterocycles. The number of benzene rings is 3. The minimum atomic E-state index is -0.288. The van der Waals surface area contributed by atoms with Crippen molar-refractivity contribution >= 4 is 41.3 Å². The minimum absolute atomic E-state index is 0. The van der Waals surface area contributed by atoms with Gasteiger partial charge in [-0.05, 0) is 54.8 Å². The van der Waals surface area contributed by atoms with Crippen molar-refractivity contribution < 1.29 is 14.2 Å². The van der Waals surface area contributed by atoms with E-state index in [0.717, 1.165) is 17.0 Å². The van der Waals surface area contributed by atoms with Crippen molar-refractivity contribution in [2.45, 2.75) is 25.5 Å². The van der Waals surface area contributed by atoms with Gasteiger partial charge in [-0.1, -0.05) is 30.3 Å². The quantitative estimate of drug-likeness (QED) is 0.221. The molecule has 1 aliphatic heterocycles. The standard InChI is InChI=1S/C25H27FN4O2.HI/c26-23-15-18(9-10-24(23)30-13-11-20(31)12-14-30)17-28-25(27)29-19-5-4-8-22(16-19)32-21-6-2-1-3-7-21;/h1-10,15-16,20,31H,11-14,17H2,(H3,27,28,29);1H. The highest BCUT2D eigenvalue weighted by Gasteiger charge is 2.19. The molecule has 33 heavy (non-hydrogen) atoms. The lowest BCUT2D eigenvalue weighted by atomic mass is 10.1. The lowest BCUT2D eigenvalue weighted by Crippen LogP contribution is -2.36. The lowest BCUT2D eigenvalue weighted by Gasteiger charge is -2.31. The SMILES string of the molecule is I.NC(=NCc1ccc(N2CCC(O)CC2)c(F)c1)Nc1cccc(Oc2ccccc2)c1. The number of aliphatic hydroxyl groups excluding tert-OH is 1. The van der Waals surface area contributed by atoms with Crippen LogP contribution in [-0.2, 0) is 6.54 Å². The number of nitrogens with one attached hydrogen (secondary N) is 1. The summed E-state index contributed by atoms with van der Waals surface area (Å²) in [6.45, 7) is 1.56. The Labute approximate surface area is 210 Å². The highest BCUT2D eigenvalue weighted by atomic mass is 127. The van der Waals surface area contributed by atoms with Crippen LogP contribution in [0, 0.1) is 5.82 Å². The molecular formula is C25H28FIN4O2. The van der Waals surface area contributed by atoms with Crippen LogP contribution >= 0.6 is 24.0 Å². The van der Waals surface area contributed by atoms with Crippen LogP contribution in [0.15, 0.2) is 77.8 Å². The third kappa shape index (κ3) is 7.06. The number of para-hydroxylation sites is 1. The summed E-state index contributed by atoms with van der Waals surface area (Å²) < 4.78 is 20.4. The third-order valence-electron chi connectivity index (χ3n) is 5.33. The van der Waals surface area contributed by atoms with Crippen molar-refractivity contribution in [3.8, 4) is 11.5 Å². The number of nitrogens with two attached hydrogens (primary N) is 1. The molecule has 174 valence electrons. The van der Waals surface area contributed by atoms with E-state index in [-0.39, 0.29) is 48.4 Å². The van der Waals surface area contributed by atoms with Crippen molar-refractivity contribution in [3.05, 3.63) is 84.2 Å². The highest BCUT2D eigenvalue weighted by molar-refractivity contribution is 14.0. The van der Waals surface area contributed by atoms with Crippen LogP contribution in [-0.4, -0.2) is 30.3 Å². The first-order chi connectivity index (χ1) is 15.6. The molecule has 0 saturated carbocycles. The summed E-state index contributed by atoms with van der Waals surface area (Å²) in [5, 5.41) is 12.7. The Morgan fingerprint density at radius 2 is 1.76 bits per heavy atom. The van der Waals surface area contributed by atoms with Gasteiger partial charge in [-0.3, -0.25) is 0 Å². The Hall–Kier alpha value is -2.85. The van der Waals surface area contributed by atoms with Gasteiger partial charge in [0.05, 0.1) is 18.3 Å². The van der Waals surface area contributed by atoms with E-state index in [2.05, 4.69) is 10.3 Å². The maximum atomic E-state index is 14.6. The zero-order valence-corrected chi connectivity index (χ0v) is 20.5. The normalized spacial score (nSPS) is 14.5. The number of guanidine groups is 1. The van der Waals surface area contributed by atoms with Crippen LogP contribution in [0.4, 0.5) is 15.8 Å². The summed E-state index contributed by atoms with van der Waals surface area (Å²) in [4.78, 5) is 6.29. The monoisotopic (exact) mass is 562 g/mol. The number of piperidine rings is 1. The average Bonchev–Trinajstić information content (AvgIpc) is 2.79. The lowest BCUT2D eigenvalue weighted by molar-refractivity contribution is 0.145. The van der Waals surface area contributed by atoms with Crippen LogP contribution in [0.2, 0.25) is 0 Å². The minimum Gasteiger partial charge on any atom is -0.457 e. The van der Waals surface area contributed by atoms with Gasteiger partial charge in [0.25, 0.3) is 0 Å². The van der Waals surface area contributed by atoms with Crippen LogP contribution in [0.5, 0.6) is 11.5 Å². The smallest absolute Gasteiger partial charge is 0.193 e. The zero-order valence-electron chi connectivity index (χ0n) is 18.2. The summed E-state index contributed by atoms with van der Waals surface area (Å²) >= 11 is 0. The van der Waals surface area contributed by atoms with Gasteiger partial charge in [-0.25, -0.2) is 9.38 Å². The summed E-state index contributed by atoms with van der Waals surface area (Å²) in [7, 11) is 0. The van der Waals surface area contributed by atoms with Gasteiger partial charge in [0.15, 0.2) is 5.96 Å². The number of hydrogen-bond donors (Lipinski definition) is 3. The second-order valence-corrected chi connectivity index (χ2v) is 7.77. The Kier molecular flexibility index (Phi) is 8.90. The molecule has 6 nitrogen and oxygen atoms in total. The summed E-state index contributed by atoms with van der Waals surface area (Å²) in [5.74, 6) is 1.37. The molecule has 1 fully saturated rings. The second-order valence-electron chi connectivity index (χ2n) is 7.77. The number of aliphatic imine (C=N–C) groups is 1. The van der Waals surface area contributed by atoms with Crippen molar-refractivity contribution in [2.24, 2.45) is 10.7 Å². The summed E-state index contributed by atoms with van der Waals surface area (Å²) in [6, 6.07) is 22.1. The number of aliphatic hydroxyl groups is 1. The Morgan fingerprint density at radius 3 is 2.48 bits per heavy atom. The zero-order chi connectivity index (χ0) is 22.3. The Morgan fingerprint density at radius 1 is 1.03 bits per heavy atom. The molecule has 0 spiro atoms. The van der Waals surface area contributed by atoms with Crippen molar-refractivity contribution in [1.82, 2.24) is 0 Å². The van der Waals surface area contributed by atoms with E-state index in [9.17, 15) is 9.50 Å². The molecule has 8 heteroatoms. The van der Waals surface area contributed by atoms with Crippen LogP contribution in [0.1, 0.15) is 18.4 Å². The molecule has 3 aromatic rings. The van der Waals surface area contributed by atoms with E-state index < -0.39 is 0 Å². The molecule has 3 aromatic carbocycles. The second kappa shape index (κ2) is 11.9. The topological polar surface area (TPSA) is 83.1 Å². The van der Waals surface area contributed by atoms with Gasteiger partial charge in [0.1, 0.15) is 17.3 Å². The third-order valence-corrected chi connectivity index (χ3v) is 5.33. The van der Waals surface area contributed by atoms with E-state index in [1.54, 1.807) is 6.07 Å². The predicted molar refractivity (Wildman–Crippen MR) is 141 cm³/mol. The van der Waals surface area contributed by atoms with Gasteiger partial charge in [0, 0.05) is 24.8 Å². The van der Waals surface area contributed by atoms with Crippen molar-refractivity contribution in [2.75, 3.05) is 23.3 Å². The van der Waals surface area contributed by atoms with Crippen molar-refractivity contribution in [3.63, 3.8) is 0 Å². The molecule has 0 amide bonds. The van der Waals surface area contributed by atoms with E-state index in [1.165, 1.54) is 6.07 Å². The molecule has 0 aromatic heterocycles. The molecule has 0 radical (unpaired) electrons. The predicted octanol–water partition coefficient (Wildman–Crippen LogP) is 5.12. The molecule has 4 N–H and O–H groups in total. The fourth-order valence-electron chi connectivity index (χ4n) is 3.64. The van der Waals surface area contributed by atoms with Crippen LogP contribution in [0.25, 0.3) is 0 Å². The molecule has 1 heterocycles. The maximum Gasteiger partial charge on any atom is 0.193 e. The van der Waals surface area contributed by atoms with E-state index >= 15 is 0 Å². The molecule has 0 unspecified atom stereocenters. The number of hydrogen-bond acceptors (Lipinski definition) is 4. The van der Waals surface area contributed by atoms with Gasteiger partial charge in [0.2, 0.25) is 0 Å². The largest absolute Gasteiger partial charge is 0.457 e. The average molecular weight is 562 g/mol.